The predicted molar refractivity (Wildman–Crippen MR) is 70.6 cm³/mol. The number of carbonyl (C=O) groups excluding carboxylic acids is 2. The Kier molecular flexibility index (Phi) is 5.51. The molecule has 5 nitrogen and oxygen atoms in total. The Hall–Kier alpha value is -1.88. The molecule has 2 N–H and O–H groups in total. The number of methoxy groups -OCH3 is 1. The van der Waals surface area contributed by atoms with E-state index < -0.39 is 24.0 Å². The average Bonchev–Trinajstić information content (AvgIpc) is 2.43. The Balaban J connectivity index is 2.84. The lowest BCUT2D eigenvalue weighted by molar-refractivity contribution is -0.146. The summed E-state index contributed by atoms with van der Waals surface area (Å²) in [5.41, 5.74) is 0.423. The van der Waals surface area contributed by atoms with Crippen molar-refractivity contribution in [2.75, 3.05) is 7.11 Å². The zero-order valence-electron chi connectivity index (χ0n) is 11.3. The molecule has 0 aromatic heterocycles. The van der Waals surface area contributed by atoms with E-state index in [1.165, 1.54) is 7.11 Å². The Labute approximate surface area is 112 Å². The maximum absolute atomic E-state index is 12.0. The fourth-order valence-electron chi connectivity index (χ4n) is 1.61. The van der Waals surface area contributed by atoms with E-state index in [9.17, 15) is 14.7 Å². The fraction of sp³-hybridized carbons (Fsp3) is 0.429. The lowest BCUT2D eigenvalue weighted by Gasteiger charge is -2.24. The zero-order valence-corrected chi connectivity index (χ0v) is 11.3. The van der Waals surface area contributed by atoms with Crippen LogP contribution in [0.25, 0.3) is 0 Å². The minimum Gasteiger partial charge on any atom is -0.467 e. The topological polar surface area (TPSA) is 75.6 Å². The number of nitrogens with one attached hydrogen (secondary N) is 1. The molecule has 0 aliphatic heterocycles. The third kappa shape index (κ3) is 4.06. The molecule has 0 saturated heterocycles. The summed E-state index contributed by atoms with van der Waals surface area (Å²) in [6.07, 6.45) is -1.000. The van der Waals surface area contributed by atoms with E-state index in [-0.39, 0.29) is 5.92 Å². The van der Waals surface area contributed by atoms with Gasteiger partial charge in [0.1, 0.15) is 0 Å². The molecule has 1 rings (SSSR count). The third-order valence-corrected chi connectivity index (χ3v) is 2.80. The number of hydrogen-bond acceptors (Lipinski definition) is 4. The Morgan fingerprint density at radius 2 is 1.79 bits per heavy atom. The third-order valence-electron chi connectivity index (χ3n) is 2.80. The van der Waals surface area contributed by atoms with Crippen LogP contribution in [0.1, 0.15) is 24.2 Å². The lowest BCUT2D eigenvalue weighted by Crippen LogP contribution is -2.51. The Morgan fingerprint density at radius 1 is 1.21 bits per heavy atom. The molecule has 1 amide bonds. The summed E-state index contributed by atoms with van der Waals surface area (Å²) >= 11 is 0. The summed E-state index contributed by atoms with van der Waals surface area (Å²) in [6.45, 7) is 3.52. The van der Waals surface area contributed by atoms with E-state index in [4.69, 9.17) is 0 Å². The van der Waals surface area contributed by atoms with E-state index in [0.29, 0.717) is 5.56 Å². The maximum atomic E-state index is 12.0. The first kappa shape index (κ1) is 15.2. The number of carbonyl (C=O) groups is 2. The zero-order chi connectivity index (χ0) is 14.4. The van der Waals surface area contributed by atoms with Gasteiger partial charge in [0.2, 0.25) is 0 Å². The van der Waals surface area contributed by atoms with Gasteiger partial charge in [-0.2, -0.15) is 0 Å². The summed E-state index contributed by atoms with van der Waals surface area (Å²) in [7, 11) is 1.22. The van der Waals surface area contributed by atoms with Crippen LogP contribution in [0.5, 0.6) is 0 Å². The molecule has 0 saturated carbocycles. The van der Waals surface area contributed by atoms with Crippen LogP contribution < -0.4 is 5.32 Å². The molecule has 1 aromatic rings. The van der Waals surface area contributed by atoms with Crippen LogP contribution >= 0.6 is 0 Å². The van der Waals surface area contributed by atoms with Gasteiger partial charge in [-0.1, -0.05) is 32.0 Å². The first-order valence-corrected chi connectivity index (χ1v) is 6.09. The average molecular weight is 265 g/mol. The normalized spacial score (nSPS) is 13.7. The largest absolute Gasteiger partial charge is 0.467 e. The molecule has 5 heteroatoms. The maximum Gasteiger partial charge on any atom is 0.331 e. The second-order valence-electron chi connectivity index (χ2n) is 4.57. The van der Waals surface area contributed by atoms with Crippen molar-refractivity contribution in [1.29, 1.82) is 0 Å². The number of esters is 1. The number of hydrogen-bond donors (Lipinski definition) is 2. The number of ether oxygens (including phenoxy) is 1. The molecular formula is C14H19NO4. The summed E-state index contributed by atoms with van der Waals surface area (Å²) in [5.74, 6) is -1.26. The molecule has 0 radical (unpaired) electrons. The van der Waals surface area contributed by atoms with Gasteiger partial charge in [0.05, 0.1) is 13.2 Å². The van der Waals surface area contributed by atoms with Crippen LogP contribution in [0.4, 0.5) is 0 Å². The summed E-state index contributed by atoms with van der Waals surface area (Å²) in [4.78, 5) is 23.6. The standard InChI is InChI=1S/C14H19NO4/c1-9(2)12(16)11(14(18)19-3)15-13(17)10-7-5-4-6-8-10/h4-9,11-12,16H,1-3H3,(H,15,17)/t11-,12+/m1/s1. The van der Waals surface area contributed by atoms with E-state index in [1.807, 2.05) is 0 Å². The van der Waals surface area contributed by atoms with Gasteiger partial charge >= 0.3 is 5.97 Å². The lowest BCUT2D eigenvalue weighted by atomic mass is 9.99. The van der Waals surface area contributed by atoms with Crippen LogP contribution in [-0.2, 0) is 9.53 Å². The smallest absolute Gasteiger partial charge is 0.331 e. The van der Waals surface area contributed by atoms with E-state index in [2.05, 4.69) is 10.1 Å². The summed E-state index contributed by atoms with van der Waals surface area (Å²) in [5, 5.41) is 12.5. The van der Waals surface area contributed by atoms with Gasteiger partial charge in [-0.15, -0.1) is 0 Å². The van der Waals surface area contributed by atoms with Crippen molar-refractivity contribution in [2.45, 2.75) is 26.0 Å². The van der Waals surface area contributed by atoms with Crippen LogP contribution in [-0.4, -0.2) is 36.2 Å². The molecule has 0 spiro atoms. The van der Waals surface area contributed by atoms with E-state index in [1.54, 1.807) is 44.2 Å². The second-order valence-corrected chi connectivity index (χ2v) is 4.57. The molecule has 2 atom stereocenters. The van der Waals surface area contributed by atoms with Crippen LogP contribution in [0, 0.1) is 5.92 Å². The molecule has 0 aliphatic rings. The Bertz CT molecular complexity index is 430. The molecule has 0 aliphatic carbocycles. The molecule has 104 valence electrons. The first-order chi connectivity index (χ1) is 8.97. The highest BCUT2D eigenvalue weighted by molar-refractivity contribution is 5.96. The van der Waals surface area contributed by atoms with Crippen molar-refractivity contribution in [3.05, 3.63) is 35.9 Å². The second kappa shape index (κ2) is 6.89. The molecule has 0 fully saturated rings. The molecular weight excluding hydrogens is 246 g/mol. The monoisotopic (exact) mass is 265 g/mol. The van der Waals surface area contributed by atoms with Gasteiger partial charge in [0.15, 0.2) is 6.04 Å². The highest BCUT2D eigenvalue weighted by Gasteiger charge is 2.31. The highest BCUT2D eigenvalue weighted by atomic mass is 16.5. The fourth-order valence-corrected chi connectivity index (χ4v) is 1.61. The van der Waals surface area contributed by atoms with Crippen molar-refractivity contribution in [2.24, 2.45) is 5.92 Å². The number of aliphatic hydroxyl groups is 1. The molecule has 0 bridgehead atoms. The van der Waals surface area contributed by atoms with Gasteiger partial charge in [0.25, 0.3) is 5.91 Å². The van der Waals surface area contributed by atoms with Crippen LogP contribution in [0.3, 0.4) is 0 Å². The summed E-state index contributed by atoms with van der Waals surface area (Å²) < 4.78 is 4.61. The van der Waals surface area contributed by atoms with Crippen molar-refractivity contribution in [3.8, 4) is 0 Å². The van der Waals surface area contributed by atoms with Crippen molar-refractivity contribution in [1.82, 2.24) is 5.32 Å². The van der Waals surface area contributed by atoms with Crippen molar-refractivity contribution >= 4 is 11.9 Å². The van der Waals surface area contributed by atoms with Crippen LogP contribution in [0.2, 0.25) is 0 Å². The highest BCUT2D eigenvalue weighted by Crippen LogP contribution is 2.09. The number of benzene rings is 1. The van der Waals surface area contributed by atoms with Crippen molar-refractivity contribution in [3.63, 3.8) is 0 Å². The summed E-state index contributed by atoms with van der Waals surface area (Å²) in [6, 6.07) is 7.42. The number of aliphatic hydroxyl groups excluding tert-OH is 1. The first-order valence-electron chi connectivity index (χ1n) is 6.09. The molecule has 19 heavy (non-hydrogen) atoms. The molecule has 0 heterocycles. The SMILES string of the molecule is COC(=O)[C@H](NC(=O)c1ccccc1)[C@@H](O)C(C)C. The van der Waals surface area contributed by atoms with Gasteiger partial charge < -0.3 is 15.2 Å². The molecule has 0 unspecified atom stereocenters. The van der Waals surface area contributed by atoms with Crippen molar-refractivity contribution < 1.29 is 19.4 Å². The van der Waals surface area contributed by atoms with Gasteiger partial charge in [-0.25, -0.2) is 4.79 Å². The van der Waals surface area contributed by atoms with Gasteiger partial charge in [-0.05, 0) is 18.1 Å². The van der Waals surface area contributed by atoms with Gasteiger partial charge in [0, 0.05) is 5.56 Å². The van der Waals surface area contributed by atoms with Gasteiger partial charge in [-0.3, -0.25) is 4.79 Å². The predicted octanol–water partition coefficient (Wildman–Crippen LogP) is 0.975. The number of rotatable bonds is 5. The number of amides is 1. The van der Waals surface area contributed by atoms with Crippen LogP contribution in [0.15, 0.2) is 30.3 Å². The van der Waals surface area contributed by atoms with E-state index in [0.717, 1.165) is 0 Å². The molecule has 1 aromatic carbocycles. The van der Waals surface area contributed by atoms with E-state index >= 15 is 0 Å². The quantitative estimate of drug-likeness (QED) is 0.778. The minimum atomic E-state index is -1.07. The Morgan fingerprint density at radius 3 is 2.26 bits per heavy atom. The minimum absolute atomic E-state index is 0.180.